The number of allylic oxidation sites excluding steroid dienone is 1. The van der Waals surface area contributed by atoms with Crippen LogP contribution < -0.4 is 5.32 Å². The van der Waals surface area contributed by atoms with Crippen LogP contribution in [-0.2, 0) is 11.2 Å². The number of amides is 1. The number of aliphatic carboxylic acids is 1. The fourth-order valence-electron chi connectivity index (χ4n) is 1.84. The average molecular weight is 329 g/mol. The Morgan fingerprint density at radius 1 is 1.26 bits per heavy atom. The van der Waals surface area contributed by atoms with Crippen molar-refractivity contribution >= 4 is 11.9 Å². The molecular formula is C16H18F3NO3. The van der Waals surface area contributed by atoms with E-state index in [9.17, 15) is 22.8 Å². The van der Waals surface area contributed by atoms with Crippen LogP contribution in [0.25, 0.3) is 0 Å². The molecule has 0 aromatic heterocycles. The van der Waals surface area contributed by atoms with Crippen molar-refractivity contribution in [3.05, 3.63) is 47.5 Å². The third kappa shape index (κ3) is 6.99. The van der Waals surface area contributed by atoms with Crippen LogP contribution in [0.2, 0.25) is 0 Å². The van der Waals surface area contributed by atoms with Gasteiger partial charge in [-0.25, -0.2) is 4.79 Å². The molecule has 0 saturated heterocycles. The third-order valence-corrected chi connectivity index (χ3v) is 3.12. The molecule has 0 spiro atoms. The predicted molar refractivity (Wildman–Crippen MR) is 79.1 cm³/mol. The van der Waals surface area contributed by atoms with E-state index in [2.05, 4.69) is 5.32 Å². The molecular weight excluding hydrogens is 311 g/mol. The van der Waals surface area contributed by atoms with Crippen LogP contribution in [0.15, 0.2) is 36.4 Å². The van der Waals surface area contributed by atoms with Gasteiger partial charge in [-0.2, -0.15) is 13.2 Å². The fourth-order valence-corrected chi connectivity index (χ4v) is 1.84. The van der Waals surface area contributed by atoms with E-state index >= 15 is 0 Å². The average Bonchev–Trinajstić information content (AvgIpc) is 2.48. The summed E-state index contributed by atoms with van der Waals surface area (Å²) in [6.45, 7) is 1.74. The minimum Gasteiger partial charge on any atom is -0.480 e. The quantitative estimate of drug-likeness (QED) is 0.754. The molecule has 0 aliphatic carbocycles. The van der Waals surface area contributed by atoms with E-state index in [1.807, 2.05) is 0 Å². The Hall–Kier alpha value is -2.31. The van der Waals surface area contributed by atoms with Gasteiger partial charge in [0.2, 0.25) is 0 Å². The SMILES string of the molecule is C/C=C/CC(NC(=O)c1ccc(CCC(F)(F)F)cc1)C(=O)O. The number of halogens is 3. The number of rotatable bonds is 7. The molecule has 126 valence electrons. The Balaban J connectivity index is 2.67. The van der Waals surface area contributed by atoms with Crippen molar-refractivity contribution in [2.75, 3.05) is 0 Å². The molecule has 0 radical (unpaired) electrons. The van der Waals surface area contributed by atoms with E-state index in [1.165, 1.54) is 24.3 Å². The van der Waals surface area contributed by atoms with Gasteiger partial charge in [-0.3, -0.25) is 4.79 Å². The topological polar surface area (TPSA) is 66.4 Å². The molecule has 7 heteroatoms. The van der Waals surface area contributed by atoms with E-state index in [0.717, 1.165) is 0 Å². The van der Waals surface area contributed by atoms with Crippen LogP contribution in [0.3, 0.4) is 0 Å². The zero-order valence-corrected chi connectivity index (χ0v) is 12.6. The summed E-state index contributed by atoms with van der Waals surface area (Å²) in [5, 5.41) is 11.4. The second kappa shape index (κ2) is 8.36. The Bertz CT molecular complexity index is 565. The van der Waals surface area contributed by atoms with Gasteiger partial charge in [0, 0.05) is 12.0 Å². The molecule has 1 aromatic rings. The maximum Gasteiger partial charge on any atom is 0.389 e. The molecule has 23 heavy (non-hydrogen) atoms. The molecule has 2 N–H and O–H groups in total. The number of carboxylic acid groups (broad SMARTS) is 1. The van der Waals surface area contributed by atoms with Crippen LogP contribution in [0.5, 0.6) is 0 Å². The third-order valence-electron chi connectivity index (χ3n) is 3.12. The van der Waals surface area contributed by atoms with Gasteiger partial charge >= 0.3 is 12.1 Å². The molecule has 0 fully saturated rings. The normalized spacial score (nSPS) is 13.0. The Labute approximate surface area is 132 Å². The maximum absolute atomic E-state index is 12.1. The zero-order valence-electron chi connectivity index (χ0n) is 12.6. The molecule has 1 amide bonds. The highest BCUT2D eigenvalue weighted by Gasteiger charge is 2.26. The summed E-state index contributed by atoms with van der Waals surface area (Å²) >= 11 is 0. The highest BCUT2D eigenvalue weighted by molar-refractivity contribution is 5.96. The summed E-state index contributed by atoms with van der Waals surface area (Å²) in [7, 11) is 0. The summed E-state index contributed by atoms with van der Waals surface area (Å²) in [6, 6.07) is 4.58. The highest BCUT2D eigenvalue weighted by Crippen LogP contribution is 2.22. The number of carbonyl (C=O) groups is 2. The van der Waals surface area contributed by atoms with Crippen LogP contribution in [-0.4, -0.2) is 29.2 Å². The number of alkyl halides is 3. The first-order valence-corrected chi connectivity index (χ1v) is 7.03. The summed E-state index contributed by atoms with van der Waals surface area (Å²) in [6.07, 6.45) is -1.86. The van der Waals surface area contributed by atoms with Crippen LogP contribution in [0.4, 0.5) is 13.2 Å². The lowest BCUT2D eigenvalue weighted by molar-refractivity contribution is -0.139. The van der Waals surface area contributed by atoms with Crippen LogP contribution in [0.1, 0.15) is 35.7 Å². The number of carboxylic acids is 1. The van der Waals surface area contributed by atoms with E-state index in [-0.39, 0.29) is 18.4 Å². The van der Waals surface area contributed by atoms with Crippen molar-refractivity contribution in [2.24, 2.45) is 0 Å². The molecule has 0 saturated carbocycles. The number of hydrogen-bond acceptors (Lipinski definition) is 2. The van der Waals surface area contributed by atoms with Crippen LogP contribution in [0, 0.1) is 0 Å². The summed E-state index contributed by atoms with van der Waals surface area (Å²) < 4.78 is 36.4. The van der Waals surface area contributed by atoms with E-state index in [0.29, 0.717) is 5.56 Å². The summed E-state index contributed by atoms with van der Waals surface area (Å²) in [4.78, 5) is 23.0. The second-order valence-corrected chi connectivity index (χ2v) is 4.98. The van der Waals surface area contributed by atoms with Gasteiger partial charge in [0.1, 0.15) is 6.04 Å². The van der Waals surface area contributed by atoms with Crippen molar-refractivity contribution in [2.45, 2.75) is 38.4 Å². The van der Waals surface area contributed by atoms with Gasteiger partial charge in [-0.15, -0.1) is 0 Å². The van der Waals surface area contributed by atoms with Crippen molar-refractivity contribution in [3.8, 4) is 0 Å². The Morgan fingerprint density at radius 3 is 2.35 bits per heavy atom. The molecule has 1 aromatic carbocycles. The molecule has 1 rings (SSSR count). The van der Waals surface area contributed by atoms with E-state index < -0.39 is 30.5 Å². The Kier molecular flexibility index (Phi) is 6.81. The largest absolute Gasteiger partial charge is 0.480 e. The smallest absolute Gasteiger partial charge is 0.389 e. The standard InChI is InChI=1S/C16H18F3NO3/c1-2-3-4-13(15(22)23)20-14(21)12-7-5-11(6-8-12)9-10-16(17,18)19/h2-3,5-8,13H,4,9-10H2,1H3,(H,20,21)(H,22,23)/b3-2+. The molecule has 1 atom stereocenters. The summed E-state index contributed by atoms with van der Waals surface area (Å²) in [5.41, 5.74) is 0.662. The van der Waals surface area contributed by atoms with Gasteiger partial charge in [0.15, 0.2) is 0 Å². The van der Waals surface area contributed by atoms with Crippen molar-refractivity contribution < 1.29 is 27.9 Å². The monoisotopic (exact) mass is 329 g/mol. The maximum atomic E-state index is 12.1. The summed E-state index contributed by atoms with van der Waals surface area (Å²) in [5.74, 6) is -1.73. The number of nitrogens with one attached hydrogen (secondary N) is 1. The number of benzene rings is 1. The first-order chi connectivity index (χ1) is 10.7. The van der Waals surface area contributed by atoms with Crippen molar-refractivity contribution in [3.63, 3.8) is 0 Å². The molecule has 0 aliphatic heterocycles. The minimum atomic E-state index is -4.22. The lowest BCUT2D eigenvalue weighted by Crippen LogP contribution is -2.40. The molecule has 1 unspecified atom stereocenters. The predicted octanol–water partition coefficient (Wildman–Crippen LogP) is 3.33. The second-order valence-electron chi connectivity index (χ2n) is 4.98. The molecule has 0 heterocycles. The fraction of sp³-hybridized carbons (Fsp3) is 0.375. The number of hydrogen-bond donors (Lipinski definition) is 2. The number of aryl methyl sites for hydroxylation is 1. The van der Waals surface area contributed by atoms with Gasteiger partial charge < -0.3 is 10.4 Å². The zero-order chi connectivity index (χ0) is 17.5. The molecule has 4 nitrogen and oxygen atoms in total. The lowest BCUT2D eigenvalue weighted by Gasteiger charge is -2.13. The van der Waals surface area contributed by atoms with Crippen molar-refractivity contribution in [1.29, 1.82) is 0 Å². The van der Waals surface area contributed by atoms with E-state index in [4.69, 9.17) is 5.11 Å². The number of carbonyl (C=O) groups excluding carboxylic acids is 1. The van der Waals surface area contributed by atoms with Crippen LogP contribution >= 0.6 is 0 Å². The highest BCUT2D eigenvalue weighted by atomic mass is 19.4. The van der Waals surface area contributed by atoms with Gasteiger partial charge in [-0.05, 0) is 37.5 Å². The first-order valence-electron chi connectivity index (χ1n) is 7.03. The van der Waals surface area contributed by atoms with Gasteiger partial charge in [0.25, 0.3) is 5.91 Å². The van der Waals surface area contributed by atoms with Crippen molar-refractivity contribution in [1.82, 2.24) is 5.32 Å². The molecule has 0 aliphatic rings. The first kappa shape index (κ1) is 18.7. The van der Waals surface area contributed by atoms with Gasteiger partial charge in [-0.1, -0.05) is 24.3 Å². The molecule has 0 bridgehead atoms. The van der Waals surface area contributed by atoms with E-state index in [1.54, 1.807) is 19.1 Å². The lowest BCUT2D eigenvalue weighted by atomic mass is 10.1. The Morgan fingerprint density at radius 2 is 1.87 bits per heavy atom. The minimum absolute atomic E-state index is 0.154. The van der Waals surface area contributed by atoms with Gasteiger partial charge in [0.05, 0.1) is 0 Å².